The molecule has 0 unspecified atom stereocenters. The molecule has 0 aliphatic rings. The summed E-state index contributed by atoms with van der Waals surface area (Å²) >= 11 is 0. The number of nitrogens with one attached hydrogen (secondary N) is 2. The number of amides is 1. The number of para-hydroxylation sites is 1. The van der Waals surface area contributed by atoms with Gasteiger partial charge in [-0.3, -0.25) is 4.79 Å². The van der Waals surface area contributed by atoms with Crippen molar-refractivity contribution < 1.29 is 13.2 Å². The lowest BCUT2D eigenvalue weighted by Gasteiger charge is -2.12. The molecule has 2 N–H and O–H groups in total. The number of likely N-dealkylation sites (N-methyl/N-ethyl adjacent to an activating group) is 1. The molecule has 0 aromatic heterocycles. The zero-order chi connectivity index (χ0) is 19.2. The fourth-order valence-corrected chi connectivity index (χ4v) is 3.50. The van der Waals surface area contributed by atoms with E-state index in [1.54, 1.807) is 12.1 Å². The molecule has 6 nitrogen and oxygen atoms in total. The average Bonchev–Trinajstić information content (AvgIpc) is 2.61. The summed E-state index contributed by atoms with van der Waals surface area (Å²) in [6.45, 7) is 2.90. The van der Waals surface area contributed by atoms with Crippen LogP contribution in [-0.4, -0.2) is 46.4 Å². The summed E-state index contributed by atoms with van der Waals surface area (Å²) in [5, 5.41) is 2.85. The summed E-state index contributed by atoms with van der Waals surface area (Å²) in [5.41, 5.74) is 2.05. The predicted molar refractivity (Wildman–Crippen MR) is 104 cm³/mol. The van der Waals surface area contributed by atoms with Crippen LogP contribution in [0.25, 0.3) is 0 Å². The van der Waals surface area contributed by atoms with Crippen LogP contribution in [0, 0.1) is 0 Å². The van der Waals surface area contributed by atoms with Crippen LogP contribution >= 0.6 is 0 Å². The molecule has 0 bridgehead atoms. The van der Waals surface area contributed by atoms with Gasteiger partial charge in [0.2, 0.25) is 10.0 Å². The quantitative estimate of drug-likeness (QED) is 0.742. The Balaban J connectivity index is 2.16. The zero-order valence-electron chi connectivity index (χ0n) is 15.3. The first-order valence-corrected chi connectivity index (χ1v) is 9.95. The Morgan fingerprint density at radius 1 is 1.08 bits per heavy atom. The fraction of sp³-hybridized carbons (Fsp3) is 0.316. The summed E-state index contributed by atoms with van der Waals surface area (Å²) in [6, 6.07) is 13.6. The molecule has 0 heterocycles. The second-order valence-electron chi connectivity index (χ2n) is 6.19. The molecule has 140 valence electrons. The summed E-state index contributed by atoms with van der Waals surface area (Å²) in [6.07, 6.45) is 0.792. The third kappa shape index (κ3) is 5.39. The summed E-state index contributed by atoms with van der Waals surface area (Å²) in [7, 11) is 0.0826. The Hall–Kier alpha value is -2.22. The van der Waals surface area contributed by atoms with Crippen molar-refractivity contribution in [2.45, 2.75) is 18.2 Å². The van der Waals surface area contributed by atoms with Crippen LogP contribution in [0.5, 0.6) is 0 Å². The van der Waals surface area contributed by atoms with E-state index in [1.807, 2.05) is 50.2 Å². The molecule has 2 rings (SSSR count). The number of anilines is 1. The van der Waals surface area contributed by atoms with Crippen molar-refractivity contribution in [1.82, 2.24) is 9.62 Å². The third-order valence-electron chi connectivity index (χ3n) is 3.90. The van der Waals surface area contributed by atoms with Gasteiger partial charge >= 0.3 is 0 Å². The SMILES string of the molecule is CCc1ccccc1NC(=O)c1cccc(S(=O)(=O)NCCN(C)C)c1. The normalized spacial score (nSPS) is 11.5. The summed E-state index contributed by atoms with van der Waals surface area (Å²) in [4.78, 5) is 14.5. The Bertz CT molecular complexity index is 864. The Morgan fingerprint density at radius 2 is 1.81 bits per heavy atom. The molecule has 0 aliphatic heterocycles. The van der Waals surface area contributed by atoms with Crippen molar-refractivity contribution in [3.05, 3.63) is 59.7 Å². The number of carbonyl (C=O) groups is 1. The number of carbonyl (C=O) groups excluding carboxylic acids is 1. The van der Waals surface area contributed by atoms with E-state index in [2.05, 4.69) is 10.0 Å². The molecule has 2 aromatic rings. The van der Waals surface area contributed by atoms with Gasteiger partial charge in [-0.15, -0.1) is 0 Å². The number of nitrogens with zero attached hydrogens (tertiary/aromatic N) is 1. The van der Waals surface area contributed by atoms with Crippen LogP contribution in [-0.2, 0) is 16.4 Å². The molecule has 0 saturated heterocycles. The van der Waals surface area contributed by atoms with E-state index in [0.29, 0.717) is 18.7 Å². The van der Waals surface area contributed by atoms with Gasteiger partial charge in [0, 0.05) is 24.3 Å². The van der Waals surface area contributed by atoms with E-state index >= 15 is 0 Å². The van der Waals surface area contributed by atoms with Crippen LogP contribution < -0.4 is 10.0 Å². The average molecular weight is 375 g/mol. The summed E-state index contributed by atoms with van der Waals surface area (Å²) < 4.78 is 27.3. The molecular formula is C19H25N3O3S. The largest absolute Gasteiger partial charge is 0.322 e. The van der Waals surface area contributed by atoms with E-state index in [-0.39, 0.29) is 10.8 Å². The second kappa shape index (κ2) is 8.93. The first-order valence-electron chi connectivity index (χ1n) is 8.47. The molecule has 0 spiro atoms. The van der Waals surface area contributed by atoms with Crippen molar-refractivity contribution in [1.29, 1.82) is 0 Å². The molecule has 0 atom stereocenters. The molecule has 0 saturated carbocycles. The van der Waals surface area contributed by atoms with Gasteiger partial charge in [0.25, 0.3) is 5.91 Å². The number of hydrogen-bond donors (Lipinski definition) is 2. The molecule has 2 aromatic carbocycles. The zero-order valence-corrected chi connectivity index (χ0v) is 16.1. The van der Waals surface area contributed by atoms with E-state index in [9.17, 15) is 13.2 Å². The van der Waals surface area contributed by atoms with Gasteiger partial charge in [-0.1, -0.05) is 31.2 Å². The highest BCUT2D eigenvalue weighted by Gasteiger charge is 2.16. The van der Waals surface area contributed by atoms with Crippen molar-refractivity contribution in [3.63, 3.8) is 0 Å². The van der Waals surface area contributed by atoms with Gasteiger partial charge in [0.15, 0.2) is 0 Å². The van der Waals surface area contributed by atoms with E-state index in [1.165, 1.54) is 12.1 Å². The van der Waals surface area contributed by atoms with Gasteiger partial charge in [0.05, 0.1) is 4.90 Å². The molecule has 1 amide bonds. The summed E-state index contributed by atoms with van der Waals surface area (Å²) in [5.74, 6) is -0.337. The van der Waals surface area contributed by atoms with Crippen LogP contribution in [0.15, 0.2) is 53.4 Å². The lowest BCUT2D eigenvalue weighted by molar-refractivity contribution is 0.102. The van der Waals surface area contributed by atoms with Crippen LogP contribution in [0.4, 0.5) is 5.69 Å². The first-order chi connectivity index (χ1) is 12.3. The van der Waals surface area contributed by atoms with Crippen LogP contribution in [0.1, 0.15) is 22.8 Å². The van der Waals surface area contributed by atoms with E-state index in [4.69, 9.17) is 0 Å². The Labute approximate surface area is 155 Å². The van der Waals surface area contributed by atoms with Gasteiger partial charge < -0.3 is 10.2 Å². The van der Waals surface area contributed by atoms with Gasteiger partial charge in [-0.2, -0.15) is 0 Å². The number of sulfonamides is 1. The Morgan fingerprint density at radius 3 is 2.50 bits per heavy atom. The number of rotatable bonds is 8. The van der Waals surface area contributed by atoms with Gasteiger partial charge in [0.1, 0.15) is 0 Å². The van der Waals surface area contributed by atoms with Gasteiger partial charge in [-0.05, 0) is 50.3 Å². The highest BCUT2D eigenvalue weighted by atomic mass is 32.2. The minimum absolute atomic E-state index is 0.0766. The predicted octanol–water partition coefficient (Wildman–Crippen LogP) is 2.34. The lowest BCUT2D eigenvalue weighted by Crippen LogP contribution is -2.31. The lowest BCUT2D eigenvalue weighted by atomic mass is 10.1. The first kappa shape index (κ1) is 20.1. The second-order valence-corrected chi connectivity index (χ2v) is 7.96. The molecule has 0 aliphatic carbocycles. The molecule has 26 heavy (non-hydrogen) atoms. The van der Waals surface area contributed by atoms with Crippen molar-refractivity contribution in [3.8, 4) is 0 Å². The number of benzene rings is 2. The van der Waals surface area contributed by atoms with E-state index in [0.717, 1.165) is 17.7 Å². The van der Waals surface area contributed by atoms with Crippen molar-refractivity contribution in [2.75, 3.05) is 32.5 Å². The van der Waals surface area contributed by atoms with Crippen molar-refractivity contribution >= 4 is 21.6 Å². The van der Waals surface area contributed by atoms with Gasteiger partial charge in [-0.25, -0.2) is 13.1 Å². The smallest absolute Gasteiger partial charge is 0.255 e. The Kier molecular flexibility index (Phi) is 6.90. The third-order valence-corrected chi connectivity index (χ3v) is 5.36. The maximum atomic E-state index is 12.5. The minimum Gasteiger partial charge on any atom is -0.322 e. The topological polar surface area (TPSA) is 78.5 Å². The maximum absolute atomic E-state index is 12.5. The highest BCUT2D eigenvalue weighted by Crippen LogP contribution is 2.18. The standard InChI is InChI=1S/C19H25N3O3S/c1-4-15-8-5-6-11-18(15)21-19(23)16-9-7-10-17(14-16)26(24,25)20-12-13-22(2)3/h5-11,14,20H,4,12-13H2,1-3H3,(H,21,23). The molecular weight excluding hydrogens is 350 g/mol. The fourth-order valence-electron chi connectivity index (χ4n) is 2.44. The molecule has 7 heteroatoms. The van der Waals surface area contributed by atoms with Crippen LogP contribution in [0.3, 0.4) is 0 Å². The number of aryl methyl sites for hydroxylation is 1. The van der Waals surface area contributed by atoms with E-state index < -0.39 is 10.0 Å². The van der Waals surface area contributed by atoms with Crippen molar-refractivity contribution in [2.24, 2.45) is 0 Å². The van der Waals surface area contributed by atoms with Crippen LogP contribution in [0.2, 0.25) is 0 Å². The molecule has 0 radical (unpaired) electrons. The maximum Gasteiger partial charge on any atom is 0.255 e. The monoisotopic (exact) mass is 375 g/mol. The molecule has 0 fully saturated rings. The minimum atomic E-state index is -3.65. The highest BCUT2D eigenvalue weighted by molar-refractivity contribution is 7.89. The number of hydrogen-bond acceptors (Lipinski definition) is 4.